The van der Waals surface area contributed by atoms with Gasteiger partial charge in [0.05, 0.1) is 0 Å². The number of aryl methyl sites for hydroxylation is 1. The molecule has 14 heavy (non-hydrogen) atoms. The minimum atomic E-state index is 0.430. The maximum Gasteiger partial charge on any atom is 0.183 e. The fourth-order valence-electron chi connectivity index (χ4n) is 1.25. The van der Waals surface area contributed by atoms with Gasteiger partial charge in [0, 0.05) is 12.3 Å². The lowest BCUT2D eigenvalue weighted by molar-refractivity contribution is 0.866. The fourth-order valence-corrected chi connectivity index (χ4v) is 1.38. The number of H-pyrrole nitrogens is 1. The summed E-state index contributed by atoms with van der Waals surface area (Å²) in [5.74, 6) is 1.91. The third-order valence-electron chi connectivity index (χ3n) is 1.91. The van der Waals surface area contributed by atoms with Gasteiger partial charge in [0.1, 0.15) is 17.7 Å². The maximum absolute atomic E-state index is 5.65. The average molecular weight is 212 g/mol. The normalized spacial score (nSPS) is 10.9. The number of imidazole rings is 1. The van der Waals surface area contributed by atoms with Gasteiger partial charge >= 0.3 is 0 Å². The van der Waals surface area contributed by atoms with Gasteiger partial charge in [-0.2, -0.15) is 0 Å². The molecule has 0 aliphatic carbocycles. The zero-order valence-electron chi connectivity index (χ0n) is 7.50. The second kappa shape index (κ2) is 3.79. The number of aromatic amines is 1. The number of nitrogens with zero attached hydrogens (tertiary/aromatic N) is 3. The van der Waals surface area contributed by atoms with E-state index in [2.05, 4.69) is 19.9 Å². The summed E-state index contributed by atoms with van der Waals surface area (Å²) >= 11 is 5.59. The van der Waals surface area contributed by atoms with Crippen LogP contribution in [0.25, 0.3) is 11.2 Å². The summed E-state index contributed by atoms with van der Waals surface area (Å²) in [5.41, 5.74) is 6.97. The molecule has 0 saturated heterocycles. The Kier molecular flexibility index (Phi) is 2.49. The topological polar surface area (TPSA) is 80.5 Å². The summed E-state index contributed by atoms with van der Waals surface area (Å²) < 4.78 is 0. The van der Waals surface area contributed by atoms with Crippen molar-refractivity contribution in [2.45, 2.75) is 12.8 Å². The van der Waals surface area contributed by atoms with Crippen LogP contribution in [-0.4, -0.2) is 25.8 Å². The Balaban J connectivity index is 2.36. The van der Waals surface area contributed by atoms with Crippen molar-refractivity contribution in [2.24, 2.45) is 0 Å². The summed E-state index contributed by atoms with van der Waals surface area (Å²) in [6, 6.07) is 0. The van der Waals surface area contributed by atoms with E-state index in [0.717, 1.165) is 18.7 Å². The molecular formula is C8H10ClN5. The SMILES string of the molecule is Nc1ncnc2nc(CCCCl)[nH]c12. The highest BCUT2D eigenvalue weighted by atomic mass is 35.5. The number of hydrogen-bond acceptors (Lipinski definition) is 4. The third-order valence-corrected chi connectivity index (χ3v) is 2.18. The number of alkyl halides is 1. The molecule has 0 spiro atoms. The molecule has 2 rings (SSSR count). The van der Waals surface area contributed by atoms with E-state index >= 15 is 0 Å². The van der Waals surface area contributed by atoms with Gasteiger partial charge in [-0.1, -0.05) is 0 Å². The van der Waals surface area contributed by atoms with Crippen LogP contribution in [0.5, 0.6) is 0 Å². The molecule has 3 N–H and O–H groups in total. The van der Waals surface area contributed by atoms with Crippen LogP contribution in [0.1, 0.15) is 12.2 Å². The summed E-state index contributed by atoms with van der Waals surface area (Å²) in [6.45, 7) is 0. The van der Waals surface area contributed by atoms with Crippen molar-refractivity contribution < 1.29 is 0 Å². The van der Waals surface area contributed by atoms with Crippen LogP contribution in [0.3, 0.4) is 0 Å². The molecule has 74 valence electrons. The molecule has 0 saturated carbocycles. The Morgan fingerprint density at radius 3 is 3.00 bits per heavy atom. The van der Waals surface area contributed by atoms with Crippen molar-refractivity contribution in [3.63, 3.8) is 0 Å². The van der Waals surface area contributed by atoms with Crippen molar-refractivity contribution in [3.8, 4) is 0 Å². The molecule has 0 aliphatic rings. The molecule has 0 aromatic carbocycles. The Hall–Kier alpha value is -1.36. The summed E-state index contributed by atoms with van der Waals surface area (Å²) in [4.78, 5) is 15.2. The molecule has 0 radical (unpaired) electrons. The highest BCUT2D eigenvalue weighted by Crippen LogP contribution is 2.13. The van der Waals surface area contributed by atoms with Gasteiger partial charge in [-0.15, -0.1) is 11.6 Å². The van der Waals surface area contributed by atoms with Gasteiger partial charge < -0.3 is 10.7 Å². The first-order valence-electron chi connectivity index (χ1n) is 4.32. The molecule has 0 unspecified atom stereocenters. The van der Waals surface area contributed by atoms with Crippen LogP contribution in [0, 0.1) is 0 Å². The molecule has 2 aromatic rings. The Bertz CT molecular complexity index is 438. The van der Waals surface area contributed by atoms with Crippen molar-refractivity contribution in [1.29, 1.82) is 0 Å². The number of fused-ring (bicyclic) bond motifs is 1. The number of rotatable bonds is 3. The standard InChI is InChI=1S/C8H10ClN5/c9-3-1-2-5-13-6-7(10)11-4-12-8(6)14-5/h4H,1-3H2,(H3,10,11,12,13,14). The first-order valence-corrected chi connectivity index (χ1v) is 4.85. The third kappa shape index (κ3) is 1.63. The fraction of sp³-hybridized carbons (Fsp3) is 0.375. The second-order valence-corrected chi connectivity index (χ2v) is 3.31. The molecule has 0 amide bonds. The Morgan fingerprint density at radius 2 is 2.29 bits per heavy atom. The molecule has 0 atom stereocenters. The zero-order valence-corrected chi connectivity index (χ0v) is 8.25. The molecule has 0 bridgehead atoms. The van der Waals surface area contributed by atoms with Crippen LogP contribution >= 0.6 is 11.6 Å². The number of nitrogens with one attached hydrogen (secondary N) is 1. The number of nitrogens with two attached hydrogens (primary N) is 1. The highest BCUT2D eigenvalue weighted by molar-refractivity contribution is 6.17. The van der Waals surface area contributed by atoms with Gasteiger partial charge in [-0.05, 0) is 6.42 Å². The quantitative estimate of drug-likeness (QED) is 0.746. The van der Waals surface area contributed by atoms with Crippen molar-refractivity contribution in [3.05, 3.63) is 12.2 Å². The van der Waals surface area contributed by atoms with Gasteiger partial charge in [0.2, 0.25) is 0 Å². The van der Waals surface area contributed by atoms with E-state index in [1.165, 1.54) is 6.33 Å². The van der Waals surface area contributed by atoms with E-state index in [-0.39, 0.29) is 0 Å². The number of nitrogen functional groups attached to an aromatic ring is 1. The van der Waals surface area contributed by atoms with Gasteiger partial charge in [0.25, 0.3) is 0 Å². The van der Waals surface area contributed by atoms with Gasteiger partial charge in [0.15, 0.2) is 11.5 Å². The molecule has 0 fully saturated rings. The predicted octanol–water partition coefficient (Wildman–Crippen LogP) is 1.11. The summed E-state index contributed by atoms with van der Waals surface area (Å²) in [7, 11) is 0. The zero-order chi connectivity index (χ0) is 9.97. The first kappa shape index (κ1) is 9.21. The van der Waals surface area contributed by atoms with Crippen LogP contribution < -0.4 is 5.73 Å². The average Bonchev–Trinajstić information content (AvgIpc) is 2.59. The van der Waals surface area contributed by atoms with Crippen molar-refractivity contribution in [1.82, 2.24) is 19.9 Å². The van der Waals surface area contributed by atoms with Gasteiger partial charge in [-0.25, -0.2) is 15.0 Å². The van der Waals surface area contributed by atoms with E-state index in [0.29, 0.717) is 22.9 Å². The second-order valence-electron chi connectivity index (χ2n) is 2.93. The molecule has 0 aliphatic heterocycles. The smallest absolute Gasteiger partial charge is 0.183 e. The first-order chi connectivity index (χ1) is 6.81. The van der Waals surface area contributed by atoms with Crippen molar-refractivity contribution >= 4 is 28.6 Å². The number of halogens is 1. The number of hydrogen-bond donors (Lipinski definition) is 2. The lowest BCUT2D eigenvalue weighted by Gasteiger charge is -1.91. The maximum atomic E-state index is 5.65. The Morgan fingerprint density at radius 1 is 1.43 bits per heavy atom. The van der Waals surface area contributed by atoms with E-state index < -0.39 is 0 Å². The summed E-state index contributed by atoms with van der Waals surface area (Å²) in [5, 5.41) is 0. The molecular weight excluding hydrogens is 202 g/mol. The largest absolute Gasteiger partial charge is 0.382 e. The highest BCUT2D eigenvalue weighted by Gasteiger charge is 2.06. The van der Waals surface area contributed by atoms with Crippen molar-refractivity contribution in [2.75, 3.05) is 11.6 Å². The monoisotopic (exact) mass is 211 g/mol. The number of aromatic nitrogens is 4. The van der Waals surface area contributed by atoms with Crippen LogP contribution in [0.15, 0.2) is 6.33 Å². The lowest BCUT2D eigenvalue weighted by Crippen LogP contribution is -1.92. The van der Waals surface area contributed by atoms with Crippen LogP contribution in [0.2, 0.25) is 0 Å². The number of anilines is 1. The van der Waals surface area contributed by atoms with Gasteiger partial charge in [-0.3, -0.25) is 0 Å². The van der Waals surface area contributed by atoms with E-state index in [9.17, 15) is 0 Å². The molecule has 2 aromatic heterocycles. The predicted molar refractivity (Wildman–Crippen MR) is 55.1 cm³/mol. The minimum absolute atomic E-state index is 0.430. The van der Waals surface area contributed by atoms with Crippen LogP contribution in [0.4, 0.5) is 5.82 Å². The molecule has 6 heteroatoms. The summed E-state index contributed by atoms with van der Waals surface area (Å²) in [6.07, 6.45) is 3.10. The minimum Gasteiger partial charge on any atom is -0.382 e. The molecule has 2 heterocycles. The van der Waals surface area contributed by atoms with E-state index in [1.54, 1.807) is 0 Å². The van der Waals surface area contributed by atoms with E-state index in [1.807, 2.05) is 0 Å². The van der Waals surface area contributed by atoms with E-state index in [4.69, 9.17) is 17.3 Å². The molecule has 5 nitrogen and oxygen atoms in total. The lowest BCUT2D eigenvalue weighted by atomic mass is 10.3. The van der Waals surface area contributed by atoms with Crippen LogP contribution in [-0.2, 0) is 6.42 Å². The Labute approximate surface area is 85.7 Å².